The summed E-state index contributed by atoms with van der Waals surface area (Å²) in [5.41, 5.74) is 1.98. The van der Waals surface area contributed by atoms with Crippen molar-refractivity contribution in [3.8, 4) is 0 Å². The Labute approximate surface area is 131 Å². The van der Waals surface area contributed by atoms with E-state index >= 15 is 0 Å². The summed E-state index contributed by atoms with van der Waals surface area (Å²) in [6, 6.07) is 8.14. The minimum atomic E-state index is -1.21. The first-order valence-electron chi connectivity index (χ1n) is 7.38. The van der Waals surface area contributed by atoms with Crippen LogP contribution in [0.3, 0.4) is 0 Å². The van der Waals surface area contributed by atoms with Crippen LogP contribution < -0.4 is 5.32 Å². The summed E-state index contributed by atoms with van der Waals surface area (Å²) in [6.07, 6.45) is 0. The van der Waals surface area contributed by atoms with E-state index in [4.69, 9.17) is 0 Å². The summed E-state index contributed by atoms with van der Waals surface area (Å²) in [4.78, 5) is 12.0. The SMILES string of the molecule is CC(C)c1ccc(C[S@](=O)[C@H](C)C(=O)NC(C)(C)C)cc1. The second-order valence-electron chi connectivity index (χ2n) is 6.80. The molecule has 1 aromatic carbocycles. The number of hydrogen-bond donors (Lipinski definition) is 1. The van der Waals surface area contributed by atoms with Gasteiger partial charge in [0.1, 0.15) is 5.25 Å². The molecule has 0 aliphatic carbocycles. The summed E-state index contributed by atoms with van der Waals surface area (Å²) < 4.78 is 12.3. The maximum Gasteiger partial charge on any atom is 0.235 e. The van der Waals surface area contributed by atoms with Gasteiger partial charge in [-0.05, 0) is 44.7 Å². The van der Waals surface area contributed by atoms with Gasteiger partial charge in [0, 0.05) is 22.1 Å². The van der Waals surface area contributed by atoms with Crippen molar-refractivity contribution in [3.63, 3.8) is 0 Å². The number of nitrogens with one attached hydrogen (secondary N) is 1. The molecule has 1 N–H and O–H groups in total. The van der Waals surface area contributed by atoms with E-state index in [-0.39, 0.29) is 11.4 Å². The van der Waals surface area contributed by atoms with Gasteiger partial charge >= 0.3 is 0 Å². The molecule has 0 spiro atoms. The lowest BCUT2D eigenvalue weighted by atomic mass is 10.0. The first-order chi connectivity index (χ1) is 9.60. The third-order valence-corrected chi connectivity index (χ3v) is 4.84. The predicted molar refractivity (Wildman–Crippen MR) is 89.7 cm³/mol. The third-order valence-electron chi connectivity index (χ3n) is 3.22. The molecule has 0 aromatic heterocycles. The Balaban J connectivity index is 2.65. The topological polar surface area (TPSA) is 46.2 Å². The summed E-state index contributed by atoms with van der Waals surface area (Å²) >= 11 is 0. The normalized spacial score (nSPS) is 14.8. The zero-order valence-corrected chi connectivity index (χ0v) is 14.7. The highest BCUT2D eigenvalue weighted by Crippen LogP contribution is 2.16. The van der Waals surface area contributed by atoms with Gasteiger partial charge in [-0.1, -0.05) is 38.1 Å². The van der Waals surface area contributed by atoms with Gasteiger partial charge in [0.2, 0.25) is 5.91 Å². The van der Waals surface area contributed by atoms with Gasteiger partial charge in [0.25, 0.3) is 0 Å². The highest BCUT2D eigenvalue weighted by molar-refractivity contribution is 7.85. The maximum atomic E-state index is 12.3. The molecule has 0 unspecified atom stereocenters. The molecular formula is C17H27NO2S. The number of rotatable bonds is 5. The summed E-state index contributed by atoms with van der Waals surface area (Å²) in [5, 5.41) is 2.37. The molecule has 0 aliphatic heterocycles. The van der Waals surface area contributed by atoms with Gasteiger partial charge in [-0.2, -0.15) is 0 Å². The average Bonchev–Trinajstić information content (AvgIpc) is 2.36. The molecule has 21 heavy (non-hydrogen) atoms. The minimum absolute atomic E-state index is 0.153. The van der Waals surface area contributed by atoms with Crippen LogP contribution in [0.4, 0.5) is 0 Å². The number of carbonyl (C=O) groups is 1. The van der Waals surface area contributed by atoms with Crippen molar-refractivity contribution in [2.45, 2.75) is 64.0 Å². The van der Waals surface area contributed by atoms with Crippen LogP contribution in [0.25, 0.3) is 0 Å². The maximum absolute atomic E-state index is 12.3. The fraction of sp³-hybridized carbons (Fsp3) is 0.588. The number of hydrogen-bond acceptors (Lipinski definition) is 2. The van der Waals surface area contributed by atoms with Crippen molar-refractivity contribution in [1.29, 1.82) is 0 Å². The molecule has 0 radical (unpaired) electrons. The number of amides is 1. The van der Waals surface area contributed by atoms with Crippen LogP contribution in [0.15, 0.2) is 24.3 Å². The van der Waals surface area contributed by atoms with Gasteiger partial charge < -0.3 is 5.32 Å². The lowest BCUT2D eigenvalue weighted by Crippen LogP contribution is -2.46. The van der Waals surface area contributed by atoms with E-state index in [0.29, 0.717) is 11.7 Å². The molecule has 0 saturated carbocycles. The molecular weight excluding hydrogens is 282 g/mol. The average molecular weight is 309 g/mol. The van der Waals surface area contributed by atoms with Crippen molar-refractivity contribution in [1.82, 2.24) is 5.32 Å². The van der Waals surface area contributed by atoms with Gasteiger partial charge in [-0.15, -0.1) is 0 Å². The van der Waals surface area contributed by atoms with Crippen molar-refractivity contribution in [2.24, 2.45) is 0 Å². The molecule has 2 atom stereocenters. The summed E-state index contributed by atoms with van der Waals surface area (Å²) in [7, 11) is -1.21. The van der Waals surface area contributed by atoms with Gasteiger partial charge in [-0.25, -0.2) is 0 Å². The van der Waals surface area contributed by atoms with Crippen LogP contribution in [0.1, 0.15) is 58.6 Å². The van der Waals surface area contributed by atoms with Crippen molar-refractivity contribution in [2.75, 3.05) is 0 Å². The van der Waals surface area contributed by atoms with Crippen LogP contribution in [-0.4, -0.2) is 20.9 Å². The molecule has 3 nitrogen and oxygen atoms in total. The standard InChI is InChI=1S/C17H27NO2S/c1-12(2)15-9-7-14(8-10-15)11-21(20)13(3)16(19)18-17(4,5)6/h7-10,12-13H,11H2,1-6H3,(H,18,19)/t13-,21+/m1/s1. The lowest BCUT2D eigenvalue weighted by Gasteiger charge is -2.23. The fourth-order valence-corrected chi connectivity index (χ4v) is 2.95. The smallest absolute Gasteiger partial charge is 0.235 e. The molecule has 1 aromatic rings. The minimum Gasteiger partial charge on any atom is -0.350 e. The quantitative estimate of drug-likeness (QED) is 0.906. The zero-order valence-electron chi connectivity index (χ0n) is 13.9. The highest BCUT2D eigenvalue weighted by atomic mass is 32.2. The molecule has 4 heteroatoms. The zero-order chi connectivity index (χ0) is 16.2. The summed E-state index contributed by atoms with van der Waals surface area (Å²) in [5.74, 6) is 0.748. The molecule has 0 fully saturated rings. The Morgan fingerprint density at radius 3 is 2.10 bits per heavy atom. The van der Waals surface area contributed by atoms with E-state index in [9.17, 15) is 9.00 Å². The second-order valence-corrected chi connectivity index (χ2v) is 8.56. The molecule has 1 rings (SSSR count). The predicted octanol–water partition coefficient (Wildman–Crippen LogP) is 3.36. The van der Waals surface area contributed by atoms with Crippen LogP contribution in [0.2, 0.25) is 0 Å². The van der Waals surface area contributed by atoms with E-state index in [1.165, 1.54) is 5.56 Å². The van der Waals surface area contributed by atoms with Gasteiger partial charge in [0.05, 0.1) is 0 Å². The van der Waals surface area contributed by atoms with Crippen molar-refractivity contribution in [3.05, 3.63) is 35.4 Å². The number of benzene rings is 1. The Morgan fingerprint density at radius 2 is 1.67 bits per heavy atom. The highest BCUT2D eigenvalue weighted by Gasteiger charge is 2.23. The van der Waals surface area contributed by atoms with E-state index in [1.807, 2.05) is 32.9 Å². The lowest BCUT2D eigenvalue weighted by molar-refractivity contribution is -0.121. The Hall–Kier alpha value is -1.16. The van der Waals surface area contributed by atoms with Gasteiger partial charge in [-0.3, -0.25) is 9.00 Å². The Morgan fingerprint density at radius 1 is 1.14 bits per heavy atom. The second kappa shape index (κ2) is 7.21. The monoisotopic (exact) mass is 309 g/mol. The molecule has 0 heterocycles. The van der Waals surface area contributed by atoms with Gasteiger partial charge in [0.15, 0.2) is 0 Å². The molecule has 118 valence electrons. The number of carbonyl (C=O) groups excluding carboxylic acids is 1. The summed E-state index contributed by atoms with van der Waals surface area (Å²) in [6.45, 7) is 11.8. The van der Waals surface area contributed by atoms with Crippen LogP contribution in [0, 0.1) is 0 Å². The first-order valence-corrected chi connectivity index (χ1v) is 8.76. The van der Waals surface area contributed by atoms with Crippen molar-refractivity contribution < 1.29 is 9.00 Å². The Kier molecular flexibility index (Phi) is 6.14. The van der Waals surface area contributed by atoms with Crippen LogP contribution >= 0.6 is 0 Å². The third kappa shape index (κ3) is 6.00. The molecule has 0 bridgehead atoms. The van der Waals surface area contributed by atoms with Crippen LogP contribution in [-0.2, 0) is 21.3 Å². The van der Waals surface area contributed by atoms with Crippen molar-refractivity contribution >= 4 is 16.7 Å². The Bertz CT molecular complexity index is 501. The molecule has 0 aliphatic rings. The van der Waals surface area contributed by atoms with E-state index in [0.717, 1.165) is 5.56 Å². The largest absolute Gasteiger partial charge is 0.350 e. The fourth-order valence-electron chi connectivity index (χ4n) is 1.88. The van der Waals surface area contributed by atoms with E-state index in [2.05, 4.69) is 31.3 Å². The van der Waals surface area contributed by atoms with Crippen LogP contribution in [0.5, 0.6) is 0 Å². The first kappa shape index (κ1) is 17.9. The molecule has 0 saturated heterocycles. The van der Waals surface area contributed by atoms with E-state index < -0.39 is 16.0 Å². The molecule has 1 amide bonds. The van der Waals surface area contributed by atoms with E-state index in [1.54, 1.807) is 6.92 Å².